The molecule has 0 radical (unpaired) electrons. The minimum atomic E-state index is -0.473. The zero-order valence-electron chi connectivity index (χ0n) is 13.7. The number of carbonyl (C=O) groups is 2. The van der Waals surface area contributed by atoms with Crippen LogP contribution in [0.5, 0.6) is 0 Å². The number of benzene rings is 1. The van der Waals surface area contributed by atoms with E-state index in [4.69, 9.17) is 10.6 Å². The number of carbonyl (C=O) groups excluding carboxylic acids is 2. The number of hydrogen-bond acceptors (Lipinski definition) is 6. The lowest BCUT2D eigenvalue weighted by Crippen LogP contribution is -2.28. The van der Waals surface area contributed by atoms with Gasteiger partial charge in [-0.05, 0) is 59.2 Å². The standard InChI is InChI=1S/C17H17FIN3O3S/c18-11-8-9(19)4-5-12(11)21-17-14(16(24)22-25-7-6-20)10-2-1-3-13(23)15(10)26-17/h4-5,8,21H,1-3,6-7,20H2,(H,22,24). The SMILES string of the molecule is NCCONC(=O)c1c(Nc2ccc(I)cc2F)sc2c1CCCC2=O. The fraction of sp³-hybridized carbons (Fsp3) is 0.294. The summed E-state index contributed by atoms with van der Waals surface area (Å²) in [7, 11) is 0. The molecule has 0 spiro atoms. The van der Waals surface area contributed by atoms with E-state index in [1.807, 2.05) is 22.6 Å². The molecule has 0 unspecified atom stereocenters. The molecular weight excluding hydrogens is 472 g/mol. The third-order valence-electron chi connectivity index (χ3n) is 3.88. The van der Waals surface area contributed by atoms with Crippen molar-refractivity contribution in [3.05, 3.63) is 43.6 Å². The van der Waals surface area contributed by atoms with Crippen LogP contribution in [0.3, 0.4) is 0 Å². The number of rotatable bonds is 6. The summed E-state index contributed by atoms with van der Waals surface area (Å²) in [5, 5.41) is 3.39. The molecule has 1 aliphatic rings. The molecule has 1 aromatic heterocycles. The number of amides is 1. The Labute approximate surface area is 167 Å². The molecule has 1 aromatic carbocycles. The van der Waals surface area contributed by atoms with Gasteiger partial charge in [0.25, 0.3) is 5.91 Å². The number of anilines is 2. The minimum Gasteiger partial charge on any atom is -0.344 e. The van der Waals surface area contributed by atoms with Crippen molar-refractivity contribution in [1.29, 1.82) is 0 Å². The van der Waals surface area contributed by atoms with E-state index >= 15 is 0 Å². The zero-order chi connectivity index (χ0) is 18.7. The monoisotopic (exact) mass is 489 g/mol. The Kier molecular flexibility index (Phi) is 6.22. The molecule has 1 aliphatic carbocycles. The van der Waals surface area contributed by atoms with Crippen LogP contribution in [0, 0.1) is 9.39 Å². The van der Waals surface area contributed by atoms with E-state index < -0.39 is 11.7 Å². The summed E-state index contributed by atoms with van der Waals surface area (Å²) in [6, 6.07) is 4.75. The molecule has 0 bridgehead atoms. The summed E-state index contributed by atoms with van der Waals surface area (Å²) in [6.07, 6.45) is 1.76. The molecule has 3 rings (SSSR count). The predicted octanol–water partition coefficient (Wildman–Crippen LogP) is 3.37. The molecule has 26 heavy (non-hydrogen) atoms. The average Bonchev–Trinajstić information content (AvgIpc) is 2.97. The predicted molar refractivity (Wildman–Crippen MR) is 106 cm³/mol. The van der Waals surface area contributed by atoms with Gasteiger partial charge in [-0.3, -0.25) is 14.4 Å². The van der Waals surface area contributed by atoms with Crippen LogP contribution < -0.4 is 16.5 Å². The first-order valence-corrected chi connectivity index (χ1v) is 9.94. The van der Waals surface area contributed by atoms with Crippen LogP contribution in [0.25, 0.3) is 0 Å². The van der Waals surface area contributed by atoms with Gasteiger partial charge in [-0.15, -0.1) is 11.3 Å². The Hall–Kier alpha value is -1.56. The Morgan fingerprint density at radius 3 is 2.92 bits per heavy atom. The lowest BCUT2D eigenvalue weighted by atomic mass is 9.94. The van der Waals surface area contributed by atoms with Crippen LogP contribution in [-0.4, -0.2) is 24.8 Å². The normalized spacial score (nSPS) is 13.4. The molecule has 0 saturated heterocycles. The van der Waals surface area contributed by atoms with Gasteiger partial charge in [-0.2, -0.15) is 0 Å². The number of halogens is 2. The summed E-state index contributed by atoms with van der Waals surface area (Å²) in [5.74, 6) is -0.899. The number of nitrogens with one attached hydrogen (secondary N) is 2. The van der Waals surface area contributed by atoms with E-state index in [-0.39, 0.29) is 24.6 Å². The number of ketones is 1. The molecule has 0 saturated carbocycles. The Morgan fingerprint density at radius 2 is 2.19 bits per heavy atom. The minimum absolute atomic E-state index is 0.00399. The zero-order valence-corrected chi connectivity index (χ0v) is 16.7. The van der Waals surface area contributed by atoms with Gasteiger partial charge in [0, 0.05) is 16.5 Å². The van der Waals surface area contributed by atoms with Gasteiger partial charge >= 0.3 is 0 Å². The largest absolute Gasteiger partial charge is 0.344 e. The lowest BCUT2D eigenvalue weighted by Gasteiger charge is -2.13. The lowest BCUT2D eigenvalue weighted by molar-refractivity contribution is 0.0344. The average molecular weight is 489 g/mol. The molecule has 0 aliphatic heterocycles. The second-order valence-electron chi connectivity index (χ2n) is 5.71. The van der Waals surface area contributed by atoms with Crippen molar-refractivity contribution in [2.45, 2.75) is 19.3 Å². The quantitative estimate of drug-likeness (QED) is 0.329. The van der Waals surface area contributed by atoms with Gasteiger partial charge in [-0.1, -0.05) is 0 Å². The van der Waals surface area contributed by atoms with Gasteiger partial charge < -0.3 is 11.1 Å². The number of hydroxylamine groups is 1. The van der Waals surface area contributed by atoms with E-state index in [2.05, 4.69) is 10.8 Å². The molecule has 2 aromatic rings. The first-order chi connectivity index (χ1) is 12.5. The highest BCUT2D eigenvalue weighted by Crippen LogP contribution is 2.40. The van der Waals surface area contributed by atoms with E-state index in [0.717, 1.165) is 3.57 Å². The fourth-order valence-corrected chi connectivity index (χ4v) is 4.42. The van der Waals surface area contributed by atoms with Crippen LogP contribution in [0.1, 0.15) is 38.4 Å². The molecule has 6 nitrogen and oxygen atoms in total. The Morgan fingerprint density at radius 1 is 1.38 bits per heavy atom. The van der Waals surface area contributed by atoms with Crippen molar-refractivity contribution < 1.29 is 18.8 Å². The molecule has 1 heterocycles. The molecule has 1 amide bonds. The summed E-state index contributed by atoms with van der Waals surface area (Å²) in [5.41, 5.74) is 8.95. The number of thiophene rings is 1. The number of hydrogen-bond donors (Lipinski definition) is 3. The number of Topliss-reactive ketones (excluding diaryl/α,β-unsaturated/α-hetero) is 1. The van der Waals surface area contributed by atoms with Crippen LogP contribution in [-0.2, 0) is 11.3 Å². The van der Waals surface area contributed by atoms with Crippen molar-refractivity contribution in [1.82, 2.24) is 5.48 Å². The van der Waals surface area contributed by atoms with Crippen molar-refractivity contribution in [3.63, 3.8) is 0 Å². The number of fused-ring (bicyclic) bond motifs is 1. The third-order valence-corrected chi connectivity index (χ3v) is 5.74. The Bertz CT molecular complexity index is 856. The van der Waals surface area contributed by atoms with Crippen molar-refractivity contribution in [2.75, 3.05) is 18.5 Å². The van der Waals surface area contributed by atoms with Crippen LogP contribution in [0.4, 0.5) is 15.1 Å². The first-order valence-electron chi connectivity index (χ1n) is 8.04. The third kappa shape index (κ3) is 4.05. The second-order valence-corrected chi connectivity index (χ2v) is 7.97. The van der Waals surface area contributed by atoms with Crippen LogP contribution in [0.15, 0.2) is 18.2 Å². The smallest absolute Gasteiger partial charge is 0.278 e. The fourth-order valence-electron chi connectivity index (χ4n) is 2.74. The molecule has 138 valence electrons. The summed E-state index contributed by atoms with van der Waals surface area (Å²) in [4.78, 5) is 30.4. The maximum absolute atomic E-state index is 14.2. The van der Waals surface area contributed by atoms with Crippen molar-refractivity contribution >= 4 is 56.3 Å². The van der Waals surface area contributed by atoms with Crippen LogP contribution >= 0.6 is 33.9 Å². The van der Waals surface area contributed by atoms with E-state index in [1.54, 1.807) is 12.1 Å². The highest BCUT2D eigenvalue weighted by Gasteiger charge is 2.30. The van der Waals surface area contributed by atoms with Crippen molar-refractivity contribution in [2.24, 2.45) is 5.73 Å². The van der Waals surface area contributed by atoms with Gasteiger partial charge in [0.15, 0.2) is 5.78 Å². The summed E-state index contributed by atoms with van der Waals surface area (Å²) >= 11 is 3.20. The molecular formula is C17H17FIN3O3S. The van der Waals surface area contributed by atoms with Gasteiger partial charge in [-0.25, -0.2) is 9.87 Å². The van der Waals surface area contributed by atoms with Gasteiger partial charge in [0.1, 0.15) is 10.8 Å². The topological polar surface area (TPSA) is 93.4 Å². The number of nitrogens with two attached hydrogens (primary N) is 1. The maximum Gasteiger partial charge on any atom is 0.278 e. The highest BCUT2D eigenvalue weighted by molar-refractivity contribution is 14.1. The molecule has 4 N–H and O–H groups in total. The molecule has 0 atom stereocenters. The summed E-state index contributed by atoms with van der Waals surface area (Å²) < 4.78 is 15.0. The van der Waals surface area contributed by atoms with Crippen molar-refractivity contribution in [3.8, 4) is 0 Å². The highest BCUT2D eigenvalue weighted by atomic mass is 127. The van der Waals surface area contributed by atoms with Gasteiger partial charge in [0.2, 0.25) is 0 Å². The molecule has 9 heteroatoms. The van der Waals surface area contributed by atoms with Gasteiger partial charge in [0.05, 0.1) is 22.7 Å². The maximum atomic E-state index is 14.2. The summed E-state index contributed by atoms with van der Waals surface area (Å²) in [6.45, 7) is 0.436. The Balaban J connectivity index is 1.97. The van der Waals surface area contributed by atoms with E-state index in [1.165, 1.54) is 17.4 Å². The first kappa shape index (κ1) is 19.2. The second kappa shape index (κ2) is 8.42. The van der Waals surface area contributed by atoms with E-state index in [0.29, 0.717) is 40.3 Å². The van der Waals surface area contributed by atoms with Crippen LogP contribution in [0.2, 0.25) is 0 Å². The molecule has 0 fully saturated rings. The van der Waals surface area contributed by atoms with E-state index in [9.17, 15) is 14.0 Å².